The van der Waals surface area contributed by atoms with E-state index in [0.717, 1.165) is 10.4 Å². The Kier molecular flexibility index (Phi) is 4.48. The SMILES string of the molecule is CC(=O)NCCNc1cc(Br)nc(C)n1. The minimum Gasteiger partial charge on any atom is -0.368 e. The molecule has 0 spiro atoms. The Balaban J connectivity index is 2.40. The Labute approximate surface area is 96.8 Å². The average Bonchev–Trinajstić information content (AvgIpc) is 2.10. The lowest BCUT2D eigenvalue weighted by atomic mass is 10.5. The summed E-state index contributed by atoms with van der Waals surface area (Å²) in [4.78, 5) is 18.9. The van der Waals surface area contributed by atoms with E-state index < -0.39 is 0 Å². The van der Waals surface area contributed by atoms with Crippen molar-refractivity contribution in [1.29, 1.82) is 0 Å². The number of halogens is 1. The van der Waals surface area contributed by atoms with Gasteiger partial charge in [0, 0.05) is 26.1 Å². The van der Waals surface area contributed by atoms with Crippen molar-refractivity contribution >= 4 is 27.7 Å². The van der Waals surface area contributed by atoms with E-state index >= 15 is 0 Å². The number of hydrogen-bond acceptors (Lipinski definition) is 4. The zero-order valence-electron chi connectivity index (χ0n) is 8.67. The first kappa shape index (κ1) is 11.9. The summed E-state index contributed by atoms with van der Waals surface area (Å²) in [6.07, 6.45) is 0. The lowest BCUT2D eigenvalue weighted by Gasteiger charge is -2.06. The number of nitrogens with zero attached hydrogens (tertiary/aromatic N) is 2. The summed E-state index contributed by atoms with van der Waals surface area (Å²) in [5, 5.41) is 5.77. The maximum atomic E-state index is 10.6. The summed E-state index contributed by atoms with van der Waals surface area (Å²) >= 11 is 3.28. The van der Waals surface area contributed by atoms with Gasteiger partial charge in [-0.2, -0.15) is 0 Å². The molecule has 82 valence electrons. The lowest BCUT2D eigenvalue weighted by Crippen LogP contribution is -2.26. The number of carbonyl (C=O) groups is 1. The van der Waals surface area contributed by atoms with Crippen LogP contribution < -0.4 is 10.6 Å². The van der Waals surface area contributed by atoms with Crippen LogP contribution in [0.5, 0.6) is 0 Å². The molecule has 0 radical (unpaired) electrons. The van der Waals surface area contributed by atoms with Crippen molar-refractivity contribution in [3.63, 3.8) is 0 Å². The van der Waals surface area contributed by atoms with Crippen molar-refractivity contribution in [1.82, 2.24) is 15.3 Å². The van der Waals surface area contributed by atoms with Crippen molar-refractivity contribution in [3.8, 4) is 0 Å². The molecule has 1 heterocycles. The number of carbonyl (C=O) groups excluding carboxylic acids is 1. The summed E-state index contributed by atoms with van der Waals surface area (Å²) in [6.45, 7) is 4.54. The molecule has 0 bridgehead atoms. The fraction of sp³-hybridized carbons (Fsp3) is 0.444. The molecule has 0 aliphatic heterocycles. The second-order valence-electron chi connectivity index (χ2n) is 3.03. The molecule has 5 nitrogen and oxygen atoms in total. The molecule has 0 saturated heterocycles. The second kappa shape index (κ2) is 5.65. The molecule has 0 atom stereocenters. The zero-order chi connectivity index (χ0) is 11.3. The summed E-state index contributed by atoms with van der Waals surface area (Å²) in [6, 6.07) is 1.79. The summed E-state index contributed by atoms with van der Waals surface area (Å²) < 4.78 is 0.747. The fourth-order valence-electron chi connectivity index (χ4n) is 1.05. The van der Waals surface area contributed by atoms with Crippen LogP contribution in [0.1, 0.15) is 12.7 Å². The van der Waals surface area contributed by atoms with Gasteiger partial charge in [0.2, 0.25) is 5.91 Å². The van der Waals surface area contributed by atoms with Crippen LogP contribution in [-0.2, 0) is 4.79 Å². The molecule has 0 aliphatic carbocycles. The quantitative estimate of drug-likeness (QED) is 0.636. The van der Waals surface area contributed by atoms with Crippen molar-refractivity contribution in [3.05, 3.63) is 16.5 Å². The van der Waals surface area contributed by atoms with Crippen LogP contribution in [0.4, 0.5) is 5.82 Å². The molecule has 0 saturated carbocycles. The third kappa shape index (κ3) is 4.73. The van der Waals surface area contributed by atoms with Crippen LogP contribution in [-0.4, -0.2) is 29.0 Å². The van der Waals surface area contributed by atoms with Gasteiger partial charge in [0.15, 0.2) is 0 Å². The van der Waals surface area contributed by atoms with Gasteiger partial charge in [-0.05, 0) is 22.9 Å². The van der Waals surface area contributed by atoms with Crippen LogP contribution in [0.3, 0.4) is 0 Å². The van der Waals surface area contributed by atoms with Gasteiger partial charge < -0.3 is 10.6 Å². The van der Waals surface area contributed by atoms with Crippen molar-refractivity contribution in [2.75, 3.05) is 18.4 Å². The van der Waals surface area contributed by atoms with Gasteiger partial charge >= 0.3 is 0 Å². The number of hydrogen-bond donors (Lipinski definition) is 2. The van der Waals surface area contributed by atoms with Gasteiger partial charge in [0.25, 0.3) is 0 Å². The molecular weight excluding hydrogens is 260 g/mol. The highest BCUT2D eigenvalue weighted by molar-refractivity contribution is 9.10. The number of nitrogens with one attached hydrogen (secondary N) is 2. The summed E-state index contributed by atoms with van der Waals surface area (Å²) in [5.41, 5.74) is 0. The first-order chi connectivity index (χ1) is 7.08. The van der Waals surface area contributed by atoms with E-state index in [1.54, 1.807) is 6.07 Å². The molecule has 0 aromatic carbocycles. The van der Waals surface area contributed by atoms with Gasteiger partial charge in [-0.15, -0.1) is 0 Å². The normalized spacial score (nSPS) is 9.80. The molecule has 0 fully saturated rings. The average molecular weight is 273 g/mol. The van der Waals surface area contributed by atoms with Crippen molar-refractivity contribution in [2.24, 2.45) is 0 Å². The number of amides is 1. The predicted molar refractivity (Wildman–Crippen MR) is 61.6 cm³/mol. The monoisotopic (exact) mass is 272 g/mol. The van der Waals surface area contributed by atoms with E-state index in [9.17, 15) is 4.79 Å². The van der Waals surface area contributed by atoms with Gasteiger partial charge in [-0.1, -0.05) is 0 Å². The van der Waals surface area contributed by atoms with E-state index in [-0.39, 0.29) is 5.91 Å². The standard InChI is InChI=1S/C9H13BrN4O/c1-6-13-8(10)5-9(14-6)12-4-3-11-7(2)15/h5H,3-4H2,1-2H3,(H,11,15)(H,12,13,14). The minimum atomic E-state index is -0.0307. The van der Waals surface area contributed by atoms with Gasteiger partial charge in [0.1, 0.15) is 16.2 Å². The largest absolute Gasteiger partial charge is 0.368 e. The fourth-order valence-corrected chi connectivity index (χ4v) is 1.52. The number of rotatable bonds is 4. The number of aryl methyl sites for hydroxylation is 1. The van der Waals surface area contributed by atoms with Crippen LogP contribution in [0.25, 0.3) is 0 Å². The van der Waals surface area contributed by atoms with Crippen LogP contribution in [0.2, 0.25) is 0 Å². The molecule has 6 heteroatoms. The van der Waals surface area contributed by atoms with E-state index in [1.807, 2.05) is 6.92 Å². The van der Waals surface area contributed by atoms with E-state index in [4.69, 9.17) is 0 Å². The van der Waals surface area contributed by atoms with Gasteiger partial charge in [-0.25, -0.2) is 9.97 Å². The summed E-state index contributed by atoms with van der Waals surface area (Å²) in [7, 11) is 0. The predicted octanol–water partition coefficient (Wildman–Crippen LogP) is 1.10. The molecule has 2 N–H and O–H groups in total. The Bertz CT molecular complexity index is 336. The van der Waals surface area contributed by atoms with Crippen LogP contribution in [0, 0.1) is 6.92 Å². The Morgan fingerprint density at radius 2 is 2.20 bits per heavy atom. The highest BCUT2D eigenvalue weighted by Crippen LogP contribution is 2.11. The van der Waals surface area contributed by atoms with E-state index in [0.29, 0.717) is 18.9 Å². The smallest absolute Gasteiger partial charge is 0.216 e. The molecule has 0 aliphatic rings. The van der Waals surface area contributed by atoms with E-state index in [1.165, 1.54) is 6.92 Å². The highest BCUT2D eigenvalue weighted by atomic mass is 79.9. The van der Waals surface area contributed by atoms with Crippen LogP contribution >= 0.6 is 15.9 Å². The van der Waals surface area contributed by atoms with E-state index in [2.05, 4.69) is 36.5 Å². The Hall–Kier alpha value is -1.17. The third-order valence-electron chi connectivity index (χ3n) is 1.61. The Morgan fingerprint density at radius 1 is 1.47 bits per heavy atom. The first-order valence-corrected chi connectivity index (χ1v) is 5.36. The van der Waals surface area contributed by atoms with Crippen LogP contribution in [0.15, 0.2) is 10.7 Å². The van der Waals surface area contributed by atoms with Gasteiger partial charge in [-0.3, -0.25) is 4.79 Å². The maximum absolute atomic E-state index is 10.6. The number of anilines is 1. The molecular formula is C9H13BrN4O. The minimum absolute atomic E-state index is 0.0307. The van der Waals surface area contributed by atoms with Crippen molar-refractivity contribution < 1.29 is 4.79 Å². The first-order valence-electron chi connectivity index (χ1n) is 4.57. The third-order valence-corrected chi connectivity index (χ3v) is 2.02. The van der Waals surface area contributed by atoms with Gasteiger partial charge in [0.05, 0.1) is 0 Å². The molecule has 1 aromatic rings. The second-order valence-corrected chi connectivity index (χ2v) is 3.85. The van der Waals surface area contributed by atoms with Crippen molar-refractivity contribution in [2.45, 2.75) is 13.8 Å². The molecule has 1 amide bonds. The topological polar surface area (TPSA) is 66.9 Å². The molecule has 0 unspecified atom stereocenters. The Morgan fingerprint density at radius 3 is 2.80 bits per heavy atom. The highest BCUT2D eigenvalue weighted by Gasteiger charge is 1.98. The molecule has 1 aromatic heterocycles. The molecule has 15 heavy (non-hydrogen) atoms. The lowest BCUT2D eigenvalue weighted by molar-refractivity contribution is -0.118. The summed E-state index contributed by atoms with van der Waals surface area (Å²) in [5.74, 6) is 1.42. The molecule has 1 rings (SSSR count). The zero-order valence-corrected chi connectivity index (χ0v) is 10.3. The number of aromatic nitrogens is 2. The maximum Gasteiger partial charge on any atom is 0.216 e.